The Morgan fingerprint density at radius 2 is 2.42 bits per heavy atom. The van der Waals surface area contributed by atoms with Crippen LogP contribution in [-0.4, -0.2) is 52.0 Å². The molecule has 1 fully saturated rings. The van der Waals surface area contributed by atoms with Crippen molar-refractivity contribution >= 4 is 33.7 Å². The Hall–Kier alpha value is -3.41. The first-order valence-electron chi connectivity index (χ1n) is 8.40. The number of pyridine rings is 1. The standard InChI is InChI=1S/C17H17N7O2/c18-4-6-20-17(25)26-12-2-1-7-24(10-12)16-14-11(9-22-23-16)8-21-15-13(14)3-5-19-15/h3,5,8-9,12H,1-2,6-7,10H2,(H,19,21)(H,20,25). The number of nitrogens with zero attached hydrogens (tertiary/aromatic N) is 5. The first-order valence-corrected chi connectivity index (χ1v) is 8.40. The molecule has 0 saturated carbocycles. The van der Waals surface area contributed by atoms with Gasteiger partial charge in [-0.1, -0.05) is 0 Å². The molecule has 3 aromatic rings. The summed E-state index contributed by atoms with van der Waals surface area (Å²) in [5.41, 5.74) is 0.799. The van der Waals surface area contributed by atoms with Crippen LogP contribution >= 0.6 is 0 Å². The number of amides is 1. The number of alkyl carbamates (subject to hydrolysis) is 1. The van der Waals surface area contributed by atoms with Gasteiger partial charge in [-0.05, 0) is 18.9 Å². The van der Waals surface area contributed by atoms with Gasteiger partial charge in [0, 0.05) is 35.1 Å². The smallest absolute Gasteiger partial charge is 0.408 e. The van der Waals surface area contributed by atoms with Crippen LogP contribution in [0.2, 0.25) is 0 Å². The summed E-state index contributed by atoms with van der Waals surface area (Å²) in [6, 6.07) is 3.83. The highest BCUT2D eigenvalue weighted by molar-refractivity contribution is 6.09. The lowest BCUT2D eigenvalue weighted by Gasteiger charge is -2.33. The topological polar surface area (TPSA) is 120 Å². The number of carbonyl (C=O) groups is 1. The summed E-state index contributed by atoms with van der Waals surface area (Å²) >= 11 is 0. The largest absolute Gasteiger partial charge is 0.444 e. The SMILES string of the molecule is N#CCNC(=O)OC1CCCN(c2nncc3cnc4[nH]ccc4c23)C1. The van der Waals surface area contributed by atoms with Crippen molar-refractivity contribution in [2.24, 2.45) is 0 Å². The molecule has 0 aromatic carbocycles. The first-order chi connectivity index (χ1) is 12.8. The summed E-state index contributed by atoms with van der Waals surface area (Å²) < 4.78 is 5.42. The zero-order chi connectivity index (χ0) is 17.9. The Kier molecular flexibility index (Phi) is 4.23. The maximum absolute atomic E-state index is 11.7. The van der Waals surface area contributed by atoms with Crippen LogP contribution in [-0.2, 0) is 4.74 Å². The van der Waals surface area contributed by atoms with Crippen LogP contribution in [0.3, 0.4) is 0 Å². The highest BCUT2D eigenvalue weighted by atomic mass is 16.6. The summed E-state index contributed by atoms with van der Waals surface area (Å²) in [7, 11) is 0. The van der Waals surface area contributed by atoms with Gasteiger partial charge in [-0.2, -0.15) is 10.4 Å². The number of ether oxygens (including phenoxy) is 1. The van der Waals surface area contributed by atoms with Gasteiger partial charge in [0.1, 0.15) is 18.3 Å². The second-order valence-corrected chi connectivity index (χ2v) is 6.12. The van der Waals surface area contributed by atoms with Crippen LogP contribution in [0, 0.1) is 11.3 Å². The zero-order valence-electron chi connectivity index (χ0n) is 14.0. The van der Waals surface area contributed by atoms with Gasteiger partial charge in [0.15, 0.2) is 5.82 Å². The molecule has 1 atom stereocenters. The van der Waals surface area contributed by atoms with Gasteiger partial charge in [0.25, 0.3) is 0 Å². The fourth-order valence-electron chi connectivity index (χ4n) is 3.32. The number of nitriles is 1. The molecule has 1 amide bonds. The van der Waals surface area contributed by atoms with E-state index in [-0.39, 0.29) is 12.6 Å². The molecule has 0 aliphatic carbocycles. The monoisotopic (exact) mass is 351 g/mol. The molecule has 1 aliphatic rings. The molecule has 4 rings (SSSR count). The van der Waals surface area contributed by atoms with E-state index in [1.54, 1.807) is 12.4 Å². The molecule has 0 bridgehead atoms. The number of anilines is 1. The molecule has 26 heavy (non-hydrogen) atoms. The zero-order valence-corrected chi connectivity index (χ0v) is 14.0. The fraction of sp³-hybridized carbons (Fsp3) is 0.353. The minimum absolute atomic E-state index is 0.0669. The summed E-state index contributed by atoms with van der Waals surface area (Å²) in [4.78, 5) is 21.3. The Bertz CT molecular complexity index is 994. The normalized spacial score (nSPS) is 17.2. The Labute approximate surface area is 149 Å². The van der Waals surface area contributed by atoms with Crippen molar-refractivity contribution in [1.29, 1.82) is 5.26 Å². The van der Waals surface area contributed by atoms with Crippen molar-refractivity contribution in [3.63, 3.8) is 0 Å². The van der Waals surface area contributed by atoms with E-state index in [4.69, 9.17) is 10.00 Å². The molecule has 9 heteroatoms. The van der Waals surface area contributed by atoms with Gasteiger partial charge in [-0.15, -0.1) is 5.10 Å². The van der Waals surface area contributed by atoms with E-state index < -0.39 is 6.09 Å². The van der Waals surface area contributed by atoms with Gasteiger partial charge in [0.2, 0.25) is 0 Å². The summed E-state index contributed by atoms with van der Waals surface area (Å²) in [5, 5.41) is 22.3. The molecule has 1 unspecified atom stereocenters. The summed E-state index contributed by atoms with van der Waals surface area (Å²) in [6.45, 7) is 1.27. The third-order valence-electron chi connectivity index (χ3n) is 4.45. The van der Waals surface area contributed by atoms with E-state index in [9.17, 15) is 4.79 Å². The second kappa shape index (κ2) is 6.84. The van der Waals surface area contributed by atoms with Crippen molar-refractivity contribution < 1.29 is 9.53 Å². The van der Waals surface area contributed by atoms with Crippen molar-refractivity contribution in [2.75, 3.05) is 24.5 Å². The third kappa shape index (κ3) is 2.97. The van der Waals surface area contributed by atoms with Gasteiger partial charge in [-0.25, -0.2) is 9.78 Å². The Morgan fingerprint density at radius 1 is 1.50 bits per heavy atom. The Balaban J connectivity index is 1.62. The molecule has 2 N–H and O–H groups in total. The number of hydrogen-bond acceptors (Lipinski definition) is 7. The molecule has 3 aromatic heterocycles. The minimum Gasteiger partial charge on any atom is -0.444 e. The molecule has 4 heterocycles. The van der Waals surface area contributed by atoms with Crippen molar-refractivity contribution in [3.8, 4) is 6.07 Å². The maximum atomic E-state index is 11.7. The van der Waals surface area contributed by atoms with Crippen molar-refractivity contribution in [2.45, 2.75) is 18.9 Å². The lowest BCUT2D eigenvalue weighted by atomic mass is 10.1. The van der Waals surface area contributed by atoms with E-state index in [1.807, 2.05) is 18.3 Å². The molecule has 0 radical (unpaired) electrons. The molecule has 0 spiro atoms. The predicted octanol–water partition coefficient (Wildman–Crippen LogP) is 1.72. The highest BCUT2D eigenvalue weighted by Crippen LogP contribution is 2.31. The average Bonchev–Trinajstić information content (AvgIpc) is 3.15. The number of H-pyrrole nitrogens is 1. The number of rotatable bonds is 3. The van der Waals surface area contributed by atoms with Crippen LogP contribution in [0.4, 0.5) is 10.6 Å². The minimum atomic E-state index is -0.570. The number of fused-ring (bicyclic) bond motifs is 3. The number of piperidine rings is 1. The van der Waals surface area contributed by atoms with Gasteiger partial charge < -0.3 is 19.9 Å². The van der Waals surface area contributed by atoms with Crippen LogP contribution in [0.1, 0.15) is 12.8 Å². The number of aromatic nitrogens is 4. The van der Waals surface area contributed by atoms with Crippen LogP contribution in [0.25, 0.3) is 21.8 Å². The number of aromatic amines is 1. The highest BCUT2D eigenvalue weighted by Gasteiger charge is 2.26. The number of hydrogen-bond donors (Lipinski definition) is 2. The van der Waals surface area contributed by atoms with Gasteiger partial charge in [0.05, 0.1) is 18.8 Å². The fourth-order valence-corrected chi connectivity index (χ4v) is 3.32. The molecule has 1 aliphatic heterocycles. The van der Waals surface area contributed by atoms with Gasteiger partial charge in [-0.3, -0.25) is 0 Å². The predicted molar refractivity (Wildman–Crippen MR) is 94.5 cm³/mol. The van der Waals surface area contributed by atoms with Crippen LogP contribution in [0.5, 0.6) is 0 Å². The summed E-state index contributed by atoms with van der Waals surface area (Å²) in [6.07, 6.45) is 6.14. The maximum Gasteiger partial charge on any atom is 0.408 e. The van der Waals surface area contributed by atoms with Crippen LogP contribution in [0.15, 0.2) is 24.7 Å². The number of carbonyl (C=O) groups excluding carboxylic acids is 1. The van der Waals surface area contributed by atoms with Crippen molar-refractivity contribution in [3.05, 3.63) is 24.7 Å². The Morgan fingerprint density at radius 3 is 3.31 bits per heavy atom. The molecule has 132 valence electrons. The molecule has 9 nitrogen and oxygen atoms in total. The number of nitrogens with one attached hydrogen (secondary N) is 2. The van der Waals surface area contributed by atoms with E-state index in [1.165, 1.54) is 0 Å². The van der Waals surface area contributed by atoms with E-state index in [0.717, 1.165) is 47.0 Å². The first kappa shape index (κ1) is 16.1. The van der Waals surface area contributed by atoms with Crippen LogP contribution < -0.4 is 10.2 Å². The van der Waals surface area contributed by atoms with E-state index in [2.05, 4.69) is 30.4 Å². The second-order valence-electron chi connectivity index (χ2n) is 6.12. The molecular formula is C17H17N7O2. The lowest BCUT2D eigenvalue weighted by molar-refractivity contribution is 0.0891. The van der Waals surface area contributed by atoms with Gasteiger partial charge >= 0.3 is 6.09 Å². The third-order valence-corrected chi connectivity index (χ3v) is 4.45. The summed E-state index contributed by atoms with van der Waals surface area (Å²) in [5.74, 6) is 0.764. The molecule has 1 saturated heterocycles. The van der Waals surface area contributed by atoms with E-state index in [0.29, 0.717) is 6.54 Å². The van der Waals surface area contributed by atoms with Crippen molar-refractivity contribution in [1.82, 2.24) is 25.5 Å². The lowest BCUT2D eigenvalue weighted by Crippen LogP contribution is -2.42. The quantitative estimate of drug-likeness (QED) is 0.689. The average molecular weight is 351 g/mol. The van der Waals surface area contributed by atoms with E-state index >= 15 is 0 Å². The molecular weight excluding hydrogens is 334 g/mol.